The first-order chi connectivity index (χ1) is 14.9. The number of hydrogen-bond donors (Lipinski definition) is 1. The summed E-state index contributed by atoms with van der Waals surface area (Å²) in [7, 11) is -2.62. The number of nitrogens with zero attached hydrogens (tertiary/aromatic N) is 2. The first-order valence-corrected chi connectivity index (χ1v) is 11.7. The summed E-state index contributed by atoms with van der Waals surface area (Å²) < 4.78 is 40.9. The van der Waals surface area contributed by atoms with E-state index in [4.69, 9.17) is 0 Å². The Hall–Kier alpha value is -2.78. The van der Waals surface area contributed by atoms with Crippen LogP contribution in [-0.2, 0) is 26.2 Å². The van der Waals surface area contributed by atoms with E-state index in [1.807, 2.05) is 6.92 Å². The van der Waals surface area contributed by atoms with E-state index >= 15 is 0 Å². The summed E-state index contributed by atoms with van der Waals surface area (Å²) >= 11 is 0. The van der Waals surface area contributed by atoms with E-state index in [1.54, 1.807) is 32.0 Å². The minimum absolute atomic E-state index is 0.0599. The van der Waals surface area contributed by atoms with Gasteiger partial charge in [0.2, 0.25) is 21.8 Å². The van der Waals surface area contributed by atoms with Crippen molar-refractivity contribution in [3.05, 3.63) is 65.5 Å². The van der Waals surface area contributed by atoms with E-state index < -0.39 is 40.2 Å². The van der Waals surface area contributed by atoms with Gasteiger partial charge in [0.1, 0.15) is 11.9 Å². The number of rotatable bonds is 9. The third-order valence-electron chi connectivity index (χ3n) is 4.98. The summed E-state index contributed by atoms with van der Waals surface area (Å²) in [5.74, 6) is -1.53. The van der Waals surface area contributed by atoms with Crippen molar-refractivity contribution in [3.63, 3.8) is 0 Å². The van der Waals surface area contributed by atoms with Crippen LogP contribution in [0.3, 0.4) is 0 Å². The van der Waals surface area contributed by atoms with Crippen molar-refractivity contribution in [3.8, 4) is 0 Å². The molecule has 0 aromatic heterocycles. The van der Waals surface area contributed by atoms with Gasteiger partial charge in [-0.3, -0.25) is 9.59 Å². The maximum atomic E-state index is 14.2. The molecule has 9 heteroatoms. The first-order valence-electron chi connectivity index (χ1n) is 10.3. The van der Waals surface area contributed by atoms with Crippen LogP contribution >= 0.6 is 0 Å². The highest BCUT2D eigenvalue weighted by atomic mass is 32.2. The highest BCUT2D eigenvalue weighted by Crippen LogP contribution is 2.17. The van der Waals surface area contributed by atoms with Crippen molar-refractivity contribution in [1.82, 2.24) is 14.5 Å². The maximum absolute atomic E-state index is 14.2. The van der Waals surface area contributed by atoms with Crippen molar-refractivity contribution < 1.29 is 22.4 Å². The van der Waals surface area contributed by atoms with Crippen LogP contribution in [0.15, 0.2) is 53.4 Å². The zero-order valence-corrected chi connectivity index (χ0v) is 19.8. The zero-order valence-electron chi connectivity index (χ0n) is 19.0. The second-order valence-electron chi connectivity index (χ2n) is 8.03. The van der Waals surface area contributed by atoms with Crippen LogP contribution in [0.25, 0.3) is 0 Å². The van der Waals surface area contributed by atoms with E-state index in [1.165, 1.54) is 49.2 Å². The third-order valence-corrected chi connectivity index (χ3v) is 6.80. The van der Waals surface area contributed by atoms with Gasteiger partial charge in [-0.1, -0.05) is 35.9 Å². The van der Waals surface area contributed by atoms with Gasteiger partial charge in [0.05, 0.1) is 11.4 Å². The summed E-state index contributed by atoms with van der Waals surface area (Å²) in [6.45, 7) is 6.28. The van der Waals surface area contributed by atoms with Gasteiger partial charge in [0, 0.05) is 25.2 Å². The van der Waals surface area contributed by atoms with Gasteiger partial charge in [-0.2, -0.15) is 4.31 Å². The van der Waals surface area contributed by atoms with Crippen molar-refractivity contribution >= 4 is 21.8 Å². The molecule has 0 fully saturated rings. The molecule has 0 saturated carbocycles. The number of likely N-dealkylation sites (N-methyl/N-ethyl adjacent to an activating group) is 1. The minimum Gasteiger partial charge on any atom is -0.352 e. The van der Waals surface area contributed by atoms with E-state index in [-0.39, 0.29) is 23.0 Å². The Balaban J connectivity index is 2.29. The number of carbonyl (C=O) groups excluding carboxylic acids is 2. The molecule has 0 radical (unpaired) electrons. The summed E-state index contributed by atoms with van der Waals surface area (Å²) in [6, 6.07) is 11.2. The van der Waals surface area contributed by atoms with Crippen LogP contribution in [0.5, 0.6) is 0 Å². The first kappa shape index (κ1) is 25.5. The standard InChI is InChI=1S/C23H30FN3O4S/c1-16(2)25-23(29)18(4)27(14-19-8-6-7-9-21(19)24)22(28)15-26(5)32(30,31)20-12-10-17(3)11-13-20/h6-13,16,18H,14-15H2,1-5H3,(H,25,29)/t18-/m0/s1. The number of carbonyl (C=O) groups is 2. The minimum atomic E-state index is -3.92. The number of nitrogens with one attached hydrogen (secondary N) is 1. The summed E-state index contributed by atoms with van der Waals surface area (Å²) in [4.78, 5) is 27.0. The molecule has 1 N–H and O–H groups in total. The van der Waals surface area contributed by atoms with Gasteiger partial charge in [0.15, 0.2) is 0 Å². The van der Waals surface area contributed by atoms with Gasteiger partial charge in [-0.05, 0) is 45.9 Å². The number of aryl methyl sites for hydroxylation is 1. The largest absolute Gasteiger partial charge is 0.352 e. The molecule has 32 heavy (non-hydrogen) atoms. The number of amides is 2. The second kappa shape index (κ2) is 10.7. The van der Waals surface area contributed by atoms with Gasteiger partial charge in [-0.15, -0.1) is 0 Å². The predicted molar refractivity (Wildman–Crippen MR) is 121 cm³/mol. The number of benzene rings is 2. The van der Waals surface area contributed by atoms with E-state index in [2.05, 4.69) is 5.32 Å². The fourth-order valence-electron chi connectivity index (χ4n) is 3.05. The molecule has 0 saturated heterocycles. The van der Waals surface area contributed by atoms with Crippen LogP contribution < -0.4 is 5.32 Å². The number of halogens is 1. The maximum Gasteiger partial charge on any atom is 0.243 e. The zero-order chi connectivity index (χ0) is 24.1. The summed E-state index contributed by atoms with van der Waals surface area (Å²) in [5, 5.41) is 2.73. The molecular weight excluding hydrogens is 433 g/mol. The molecule has 7 nitrogen and oxygen atoms in total. The molecular formula is C23H30FN3O4S. The molecule has 1 atom stereocenters. The predicted octanol–water partition coefficient (Wildman–Crippen LogP) is 2.70. The van der Waals surface area contributed by atoms with Crippen molar-refractivity contribution in [2.45, 2.75) is 51.2 Å². The number of hydrogen-bond acceptors (Lipinski definition) is 4. The lowest BCUT2D eigenvalue weighted by molar-refractivity contribution is -0.140. The Morgan fingerprint density at radius 3 is 2.19 bits per heavy atom. The van der Waals surface area contributed by atoms with Crippen molar-refractivity contribution in [2.24, 2.45) is 0 Å². The lowest BCUT2D eigenvalue weighted by atomic mass is 10.1. The summed E-state index contributed by atoms with van der Waals surface area (Å²) in [5.41, 5.74) is 1.14. The highest BCUT2D eigenvalue weighted by Gasteiger charge is 2.30. The van der Waals surface area contributed by atoms with Crippen molar-refractivity contribution in [1.29, 1.82) is 0 Å². The normalized spacial score (nSPS) is 12.6. The molecule has 0 aliphatic carbocycles. The molecule has 0 aliphatic heterocycles. The van der Waals surface area contributed by atoms with E-state index in [0.717, 1.165) is 9.87 Å². The lowest BCUT2D eigenvalue weighted by Crippen LogP contribution is -2.51. The topological polar surface area (TPSA) is 86.8 Å². The Morgan fingerprint density at radius 1 is 1.03 bits per heavy atom. The van der Waals surface area contributed by atoms with Crippen LogP contribution in [0.4, 0.5) is 4.39 Å². The van der Waals surface area contributed by atoms with Gasteiger partial charge >= 0.3 is 0 Å². The average Bonchev–Trinajstić information content (AvgIpc) is 2.72. The molecule has 174 valence electrons. The highest BCUT2D eigenvalue weighted by molar-refractivity contribution is 7.89. The summed E-state index contributed by atoms with van der Waals surface area (Å²) in [6.07, 6.45) is 0. The Morgan fingerprint density at radius 2 is 1.62 bits per heavy atom. The van der Waals surface area contributed by atoms with E-state index in [0.29, 0.717) is 0 Å². The Bertz CT molecular complexity index is 1060. The van der Waals surface area contributed by atoms with E-state index in [9.17, 15) is 22.4 Å². The molecule has 2 aromatic carbocycles. The molecule has 0 aliphatic rings. The van der Waals surface area contributed by atoms with Crippen LogP contribution in [-0.4, -0.2) is 55.1 Å². The molecule has 0 heterocycles. The monoisotopic (exact) mass is 463 g/mol. The molecule has 0 bridgehead atoms. The molecule has 2 amide bonds. The third kappa shape index (κ3) is 6.37. The number of sulfonamides is 1. The van der Waals surface area contributed by atoms with Crippen LogP contribution in [0.1, 0.15) is 31.9 Å². The second-order valence-corrected chi connectivity index (χ2v) is 10.1. The molecule has 2 aromatic rings. The van der Waals surface area contributed by atoms with Gasteiger partial charge in [0.25, 0.3) is 0 Å². The molecule has 0 spiro atoms. The Labute approximate surface area is 189 Å². The van der Waals surface area contributed by atoms with Crippen LogP contribution in [0, 0.1) is 12.7 Å². The lowest BCUT2D eigenvalue weighted by Gasteiger charge is -2.31. The van der Waals surface area contributed by atoms with Crippen molar-refractivity contribution in [2.75, 3.05) is 13.6 Å². The van der Waals surface area contributed by atoms with Gasteiger partial charge in [-0.25, -0.2) is 12.8 Å². The fraction of sp³-hybridized carbons (Fsp3) is 0.391. The van der Waals surface area contributed by atoms with Crippen LogP contribution in [0.2, 0.25) is 0 Å². The SMILES string of the molecule is Cc1ccc(S(=O)(=O)N(C)CC(=O)N(Cc2ccccc2F)[C@@H](C)C(=O)NC(C)C)cc1. The quantitative estimate of drug-likeness (QED) is 0.620. The molecule has 2 rings (SSSR count). The fourth-order valence-corrected chi connectivity index (χ4v) is 4.17. The van der Waals surface area contributed by atoms with Gasteiger partial charge < -0.3 is 10.2 Å². The smallest absolute Gasteiger partial charge is 0.243 e. The Kier molecular flexibility index (Phi) is 8.51. The average molecular weight is 464 g/mol. The molecule has 0 unspecified atom stereocenters.